The van der Waals surface area contributed by atoms with Crippen molar-refractivity contribution in [2.45, 2.75) is 59.8 Å². The monoisotopic (exact) mass is 226 g/mol. The van der Waals surface area contributed by atoms with E-state index >= 15 is 0 Å². The highest BCUT2D eigenvalue weighted by atomic mass is 16.6. The Morgan fingerprint density at radius 3 is 2.06 bits per heavy atom. The number of aryl methyl sites for hydroxylation is 1. The third kappa shape index (κ3) is 3.26. The van der Waals surface area contributed by atoms with Crippen LogP contribution in [0.25, 0.3) is 0 Å². The predicted octanol–water partition coefficient (Wildman–Crippen LogP) is 3.69. The summed E-state index contributed by atoms with van der Waals surface area (Å²) in [6.45, 7) is 8.42. The zero-order valence-electron chi connectivity index (χ0n) is 10.8. The molecule has 16 heavy (non-hydrogen) atoms. The molecule has 0 bridgehead atoms. The summed E-state index contributed by atoms with van der Waals surface area (Å²) < 4.78 is 9.97. The maximum Gasteiger partial charge on any atom is 0.519 e. The van der Waals surface area contributed by atoms with Gasteiger partial charge in [0.15, 0.2) is 0 Å². The molecule has 0 amide bonds. The van der Waals surface area contributed by atoms with E-state index in [4.69, 9.17) is 8.83 Å². The molecule has 0 saturated carbocycles. The first kappa shape index (κ1) is 13.1. The zero-order valence-corrected chi connectivity index (χ0v) is 10.8. The van der Waals surface area contributed by atoms with Crippen LogP contribution in [0.4, 0.5) is 0 Å². The predicted molar refractivity (Wildman–Crippen MR) is 63.6 cm³/mol. The summed E-state index contributed by atoms with van der Waals surface area (Å²) in [6, 6.07) is 0. The van der Waals surface area contributed by atoms with Crippen molar-refractivity contribution >= 4 is 0 Å². The van der Waals surface area contributed by atoms with Gasteiger partial charge in [0.05, 0.1) is 0 Å². The highest BCUT2D eigenvalue weighted by Crippen LogP contribution is 2.33. The Morgan fingerprint density at radius 2 is 1.69 bits per heavy atom. The highest BCUT2D eigenvalue weighted by molar-refractivity contribution is 5.03. The summed E-state index contributed by atoms with van der Waals surface area (Å²) >= 11 is 0. The molecule has 0 N–H and O–H groups in total. The van der Waals surface area contributed by atoms with Gasteiger partial charge in [0.1, 0.15) is 11.5 Å². The van der Waals surface area contributed by atoms with Crippen LogP contribution in [0.2, 0.25) is 0 Å². The summed E-state index contributed by atoms with van der Waals surface area (Å²) in [5.41, 5.74) is 0.216. The fraction of sp³-hybridized carbons (Fsp3) is 0.769. The Labute approximate surface area is 96.8 Å². The first-order valence-corrected chi connectivity index (χ1v) is 6.10. The molecule has 1 aromatic heterocycles. The fourth-order valence-corrected chi connectivity index (χ4v) is 2.43. The molecule has 0 aliphatic heterocycles. The molecule has 1 rings (SSSR count). The van der Waals surface area contributed by atoms with Crippen molar-refractivity contribution in [3.63, 3.8) is 0 Å². The smallest absolute Gasteiger partial charge is 0.396 e. The van der Waals surface area contributed by atoms with Crippen LogP contribution in [-0.4, -0.2) is 0 Å². The number of hydrogen-bond donors (Lipinski definition) is 0. The molecule has 0 fully saturated rings. The lowest BCUT2D eigenvalue weighted by atomic mass is 9.77. The second-order valence-corrected chi connectivity index (χ2v) is 4.92. The lowest BCUT2D eigenvalue weighted by molar-refractivity contribution is 0.242. The molecule has 1 aromatic rings. The minimum atomic E-state index is -0.581. The molecule has 92 valence electrons. The molecule has 0 aromatic carbocycles. The van der Waals surface area contributed by atoms with E-state index in [0.29, 0.717) is 5.76 Å². The van der Waals surface area contributed by atoms with E-state index in [-0.39, 0.29) is 5.41 Å². The summed E-state index contributed by atoms with van der Waals surface area (Å²) in [6.07, 6.45) is 5.39. The van der Waals surface area contributed by atoms with Crippen LogP contribution in [0.15, 0.2) is 13.6 Å². The molecule has 0 spiro atoms. The van der Waals surface area contributed by atoms with Gasteiger partial charge in [-0.1, -0.05) is 33.6 Å². The summed E-state index contributed by atoms with van der Waals surface area (Å²) in [5.74, 6) is 0.765. The summed E-state index contributed by atoms with van der Waals surface area (Å²) in [7, 11) is 0. The standard InChI is InChI=1S/C13H22O3/c1-5-7-13(4,8-6-2)9-11-10(3)15-12(14)16-11/h5-9H2,1-4H3. The van der Waals surface area contributed by atoms with E-state index in [1.807, 2.05) is 0 Å². The molecule has 0 unspecified atom stereocenters. The first-order chi connectivity index (χ1) is 7.50. The van der Waals surface area contributed by atoms with Crippen molar-refractivity contribution in [3.8, 4) is 0 Å². The van der Waals surface area contributed by atoms with Gasteiger partial charge in [-0.15, -0.1) is 0 Å². The molecule has 1 heterocycles. The van der Waals surface area contributed by atoms with Gasteiger partial charge in [-0.3, -0.25) is 0 Å². The number of hydrogen-bond acceptors (Lipinski definition) is 3. The van der Waals surface area contributed by atoms with Crippen molar-refractivity contribution in [1.82, 2.24) is 0 Å². The molecule has 3 heteroatoms. The first-order valence-electron chi connectivity index (χ1n) is 6.10. The third-order valence-electron chi connectivity index (χ3n) is 3.13. The molecule has 0 saturated heterocycles. The average Bonchev–Trinajstić information content (AvgIpc) is 2.45. The van der Waals surface area contributed by atoms with Gasteiger partial charge in [-0.05, 0) is 25.2 Å². The Morgan fingerprint density at radius 1 is 1.12 bits per heavy atom. The van der Waals surface area contributed by atoms with Crippen molar-refractivity contribution in [2.75, 3.05) is 0 Å². The lowest BCUT2D eigenvalue weighted by Crippen LogP contribution is -2.19. The lowest BCUT2D eigenvalue weighted by Gasteiger charge is -2.27. The van der Waals surface area contributed by atoms with Crippen LogP contribution in [0.5, 0.6) is 0 Å². The van der Waals surface area contributed by atoms with Gasteiger partial charge >= 0.3 is 5.82 Å². The van der Waals surface area contributed by atoms with Crippen LogP contribution in [-0.2, 0) is 6.42 Å². The minimum absolute atomic E-state index is 0.216. The van der Waals surface area contributed by atoms with Gasteiger partial charge < -0.3 is 8.83 Å². The van der Waals surface area contributed by atoms with E-state index < -0.39 is 5.82 Å². The maximum atomic E-state index is 11.0. The van der Waals surface area contributed by atoms with Gasteiger partial charge in [0, 0.05) is 6.42 Å². The molecular weight excluding hydrogens is 204 g/mol. The second kappa shape index (κ2) is 5.37. The number of rotatable bonds is 6. The molecule has 0 aliphatic rings. The summed E-state index contributed by atoms with van der Waals surface area (Å²) in [5, 5.41) is 0. The largest absolute Gasteiger partial charge is 0.519 e. The van der Waals surface area contributed by atoms with E-state index in [2.05, 4.69) is 20.8 Å². The maximum absolute atomic E-state index is 11.0. The van der Waals surface area contributed by atoms with Crippen LogP contribution >= 0.6 is 0 Å². The van der Waals surface area contributed by atoms with E-state index in [9.17, 15) is 4.79 Å². The topological polar surface area (TPSA) is 43.4 Å². The Bertz CT molecular complexity index is 367. The van der Waals surface area contributed by atoms with Crippen LogP contribution in [0, 0.1) is 12.3 Å². The molecule has 3 nitrogen and oxygen atoms in total. The van der Waals surface area contributed by atoms with Crippen molar-refractivity contribution in [1.29, 1.82) is 0 Å². The van der Waals surface area contributed by atoms with Crippen LogP contribution < -0.4 is 5.82 Å². The molecule has 0 radical (unpaired) electrons. The van der Waals surface area contributed by atoms with Gasteiger partial charge in [-0.25, -0.2) is 4.79 Å². The minimum Gasteiger partial charge on any atom is -0.396 e. The van der Waals surface area contributed by atoms with Crippen LogP contribution in [0.3, 0.4) is 0 Å². The van der Waals surface area contributed by atoms with E-state index in [0.717, 1.165) is 37.9 Å². The van der Waals surface area contributed by atoms with Crippen molar-refractivity contribution in [3.05, 3.63) is 22.1 Å². The molecular formula is C13H22O3. The molecule has 0 atom stereocenters. The van der Waals surface area contributed by atoms with Gasteiger partial charge in [0.25, 0.3) is 0 Å². The summed E-state index contributed by atoms with van der Waals surface area (Å²) in [4.78, 5) is 11.0. The quantitative estimate of drug-likeness (QED) is 0.743. The second-order valence-electron chi connectivity index (χ2n) is 4.92. The SMILES string of the molecule is CCCC(C)(CCC)Cc1oc(=O)oc1C. The fourth-order valence-electron chi connectivity index (χ4n) is 2.43. The van der Waals surface area contributed by atoms with Crippen molar-refractivity contribution < 1.29 is 8.83 Å². The zero-order chi connectivity index (χ0) is 12.2. The average molecular weight is 226 g/mol. The third-order valence-corrected chi connectivity index (χ3v) is 3.13. The highest BCUT2D eigenvalue weighted by Gasteiger charge is 2.26. The van der Waals surface area contributed by atoms with Crippen molar-refractivity contribution in [2.24, 2.45) is 5.41 Å². The van der Waals surface area contributed by atoms with E-state index in [1.165, 1.54) is 0 Å². The Hall–Kier alpha value is -0.990. The Balaban J connectivity index is 2.82. The van der Waals surface area contributed by atoms with Gasteiger partial charge in [-0.2, -0.15) is 0 Å². The van der Waals surface area contributed by atoms with Crippen LogP contribution in [0.1, 0.15) is 58.0 Å². The Kier molecular flexibility index (Phi) is 4.39. The van der Waals surface area contributed by atoms with E-state index in [1.54, 1.807) is 6.92 Å². The van der Waals surface area contributed by atoms with Gasteiger partial charge in [0.2, 0.25) is 0 Å². The molecule has 0 aliphatic carbocycles. The normalized spacial score (nSPS) is 12.0.